The highest BCUT2D eigenvalue weighted by Crippen LogP contribution is 2.20. The molecule has 0 radical (unpaired) electrons. The molecule has 2 aromatic heterocycles. The van der Waals surface area contributed by atoms with Crippen LogP contribution in [-0.4, -0.2) is 27.6 Å². The Morgan fingerprint density at radius 3 is 2.77 bits per heavy atom. The molecule has 8 nitrogen and oxygen atoms in total. The topological polar surface area (TPSA) is 106 Å². The lowest BCUT2D eigenvalue weighted by molar-refractivity contribution is 0.0937. The van der Waals surface area contributed by atoms with Gasteiger partial charge in [0.05, 0.1) is 11.7 Å². The molecular weight excluding hydrogens is 326 g/mol. The summed E-state index contributed by atoms with van der Waals surface area (Å²) in [6.07, 6.45) is 1.69. The van der Waals surface area contributed by atoms with Crippen LogP contribution >= 0.6 is 11.7 Å². The number of hydrogen-bond donors (Lipinski definition) is 2. The summed E-state index contributed by atoms with van der Waals surface area (Å²) in [5, 5.41) is 0. The molecule has 0 aliphatic rings. The maximum Gasteiger partial charge on any atom is 0.282 e. The summed E-state index contributed by atoms with van der Waals surface area (Å²) in [6.45, 7) is 0. The maximum absolute atomic E-state index is 12.3. The Morgan fingerprint density at radius 2 is 2.05 bits per heavy atom. The second-order valence-electron chi connectivity index (χ2n) is 4.45. The van der Waals surface area contributed by atoms with Crippen molar-refractivity contribution in [3.63, 3.8) is 0 Å². The van der Waals surface area contributed by atoms with Crippen LogP contribution in [0.2, 0.25) is 0 Å². The Labute approximate surface area is 130 Å². The number of rotatable bonds is 4. The number of nitrogens with one attached hydrogen (secondary N) is 2. The second kappa shape index (κ2) is 5.48. The van der Waals surface area contributed by atoms with Crippen molar-refractivity contribution in [3.05, 3.63) is 42.2 Å². The molecule has 0 saturated heterocycles. The standard InChI is InChI=1S/C12H11N5O3S2/c1-17-7-3-5-9(17)12(18)13-16-22(19,20)10-6-2-4-8-11(10)15-21-14-8/h2-7,16H,1H3,(H,13,18). The predicted octanol–water partition coefficient (Wildman–Crippen LogP) is 0.653. The highest BCUT2D eigenvalue weighted by molar-refractivity contribution is 7.89. The number of nitrogens with zero attached hydrogens (tertiary/aromatic N) is 3. The van der Waals surface area contributed by atoms with Crippen LogP contribution in [0.4, 0.5) is 0 Å². The average molecular weight is 337 g/mol. The van der Waals surface area contributed by atoms with E-state index in [0.29, 0.717) is 11.2 Å². The quantitative estimate of drug-likeness (QED) is 0.680. The van der Waals surface area contributed by atoms with Crippen molar-refractivity contribution < 1.29 is 13.2 Å². The Bertz CT molecular complexity index is 944. The molecule has 1 amide bonds. The van der Waals surface area contributed by atoms with Gasteiger partial charge in [-0.1, -0.05) is 6.07 Å². The summed E-state index contributed by atoms with van der Waals surface area (Å²) in [6, 6.07) is 7.90. The number of sulfonamides is 1. The van der Waals surface area contributed by atoms with Crippen LogP contribution in [0.15, 0.2) is 41.4 Å². The molecule has 0 fully saturated rings. The maximum atomic E-state index is 12.3. The molecule has 0 aliphatic heterocycles. The molecule has 114 valence electrons. The third kappa shape index (κ3) is 2.58. The Kier molecular flexibility index (Phi) is 3.64. The third-order valence-corrected chi connectivity index (χ3v) is 4.84. The second-order valence-corrected chi connectivity index (χ2v) is 6.63. The molecule has 3 aromatic rings. The Hall–Kier alpha value is -2.30. The largest absolute Gasteiger partial charge is 0.347 e. The number of aromatic nitrogens is 3. The van der Waals surface area contributed by atoms with E-state index in [1.807, 2.05) is 0 Å². The first kappa shape index (κ1) is 14.6. The molecular formula is C12H11N5O3S2. The molecule has 22 heavy (non-hydrogen) atoms. The Morgan fingerprint density at radius 1 is 1.23 bits per heavy atom. The first-order valence-corrected chi connectivity index (χ1v) is 8.35. The zero-order valence-corrected chi connectivity index (χ0v) is 13.0. The summed E-state index contributed by atoms with van der Waals surface area (Å²) in [4.78, 5) is 14.0. The van der Waals surface area contributed by atoms with Crippen molar-refractivity contribution >= 4 is 38.7 Å². The molecule has 3 rings (SSSR count). The Balaban J connectivity index is 1.84. The number of carbonyl (C=O) groups is 1. The molecule has 0 bridgehead atoms. The molecule has 2 heterocycles. The minimum absolute atomic E-state index is 0.0362. The van der Waals surface area contributed by atoms with Gasteiger partial charge in [0.1, 0.15) is 21.6 Å². The van der Waals surface area contributed by atoms with Gasteiger partial charge >= 0.3 is 0 Å². The van der Waals surface area contributed by atoms with Crippen molar-refractivity contribution in [3.8, 4) is 0 Å². The molecule has 0 atom stereocenters. The summed E-state index contributed by atoms with van der Waals surface area (Å²) < 4.78 is 34.2. The van der Waals surface area contributed by atoms with Crippen LogP contribution in [0.1, 0.15) is 10.5 Å². The lowest BCUT2D eigenvalue weighted by atomic mass is 10.3. The lowest BCUT2D eigenvalue weighted by Crippen LogP contribution is -2.42. The van der Waals surface area contributed by atoms with Crippen LogP contribution in [0.5, 0.6) is 0 Å². The number of carbonyl (C=O) groups excluding carboxylic acids is 1. The fourth-order valence-corrected chi connectivity index (χ4v) is 3.53. The first-order chi connectivity index (χ1) is 10.5. The smallest absolute Gasteiger partial charge is 0.282 e. The normalized spacial score (nSPS) is 11.7. The van der Waals surface area contributed by atoms with Gasteiger partial charge in [-0.3, -0.25) is 10.2 Å². The third-order valence-electron chi connectivity index (χ3n) is 3.01. The zero-order chi connectivity index (χ0) is 15.7. The van der Waals surface area contributed by atoms with Gasteiger partial charge < -0.3 is 4.57 Å². The highest BCUT2D eigenvalue weighted by Gasteiger charge is 2.20. The number of hydrogen-bond acceptors (Lipinski definition) is 6. The van der Waals surface area contributed by atoms with E-state index >= 15 is 0 Å². The van der Waals surface area contributed by atoms with Gasteiger partial charge in [0, 0.05) is 13.2 Å². The van der Waals surface area contributed by atoms with Crippen molar-refractivity contribution in [1.82, 2.24) is 23.6 Å². The van der Waals surface area contributed by atoms with Crippen molar-refractivity contribution in [2.24, 2.45) is 7.05 Å². The van der Waals surface area contributed by atoms with E-state index in [4.69, 9.17) is 0 Å². The summed E-state index contributed by atoms with van der Waals surface area (Å²) in [5.74, 6) is -0.556. The van der Waals surface area contributed by atoms with Crippen LogP contribution in [0.3, 0.4) is 0 Å². The summed E-state index contributed by atoms with van der Waals surface area (Å²) in [5.41, 5.74) is 3.27. The van der Waals surface area contributed by atoms with Crippen molar-refractivity contribution in [2.75, 3.05) is 0 Å². The van der Waals surface area contributed by atoms with E-state index in [2.05, 4.69) is 19.0 Å². The van der Waals surface area contributed by atoms with Crippen molar-refractivity contribution in [2.45, 2.75) is 4.90 Å². The molecule has 1 aromatic carbocycles. The minimum atomic E-state index is -3.94. The zero-order valence-electron chi connectivity index (χ0n) is 11.3. The van der Waals surface area contributed by atoms with E-state index in [-0.39, 0.29) is 10.4 Å². The van der Waals surface area contributed by atoms with Gasteiger partial charge in [0.2, 0.25) is 0 Å². The number of benzene rings is 1. The van der Waals surface area contributed by atoms with Gasteiger partial charge in [0.25, 0.3) is 15.9 Å². The van der Waals surface area contributed by atoms with Gasteiger partial charge in [-0.25, -0.2) is 8.42 Å². The van der Waals surface area contributed by atoms with E-state index in [9.17, 15) is 13.2 Å². The van der Waals surface area contributed by atoms with Crippen molar-refractivity contribution in [1.29, 1.82) is 0 Å². The van der Waals surface area contributed by atoms with Crippen LogP contribution < -0.4 is 10.3 Å². The average Bonchev–Trinajstić information content (AvgIpc) is 3.12. The summed E-state index contributed by atoms with van der Waals surface area (Å²) >= 11 is 0.925. The minimum Gasteiger partial charge on any atom is -0.347 e. The van der Waals surface area contributed by atoms with Gasteiger partial charge in [-0.15, -0.1) is 4.83 Å². The SMILES string of the molecule is Cn1cccc1C(=O)NNS(=O)(=O)c1cccc2nsnc12. The van der Waals surface area contributed by atoms with Gasteiger partial charge in [-0.05, 0) is 24.3 Å². The highest BCUT2D eigenvalue weighted by atomic mass is 32.2. The van der Waals surface area contributed by atoms with E-state index in [1.54, 1.807) is 42.1 Å². The summed E-state index contributed by atoms with van der Waals surface area (Å²) in [7, 11) is -2.26. The number of hydrazine groups is 1. The fraction of sp³-hybridized carbons (Fsp3) is 0.0833. The van der Waals surface area contributed by atoms with E-state index in [1.165, 1.54) is 6.07 Å². The molecule has 10 heteroatoms. The first-order valence-electron chi connectivity index (χ1n) is 6.14. The van der Waals surface area contributed by atoms with Crippen LogP contribution in [0.25, 0.3) is 11.0 Å². The molecule has 0 saturated carbocycles. The lowest BCUT2D eigenvalue weighted by Gasteiger charge is -2.09. The van der Waals surface area contributed by atoms with Crippen LogP contribution in [0, 0.1) is 0 Å². The van der Waals surface area contributed by atoms with Gasteiger partial charge in [0.15, 0.2) is 0 Å². The number of aryl methyl sites for hydroxylation is 1. The number of amides is 1. The fourth-order valence-electron chi connectivity index (χ4n) is 1.93. The molecule has 0 unspecified atom stereocenters. The number of fused-ring (bicyclic) bond motifs is 1. The van der Waals surface area contributed by atoms with E-state index in [0.717, 1.165) is 11.7 Å². The van der Waals surface area contributed by atoms with E-state index < -0.39 is 15.9 Å². The molecule has 0 aliphatic carbocycles. The molecule has 0 spiro atoms. The monoisotopic (exact) mass is 337 g/mol. The van der Waals surface area contributed by atoms with Gasteiger partial charge in [-0.2, -0.15) is 8.75 Å². The van der Waals surface area contributed by atoms with Crippen LogP contribution in [-0.2, 0) is 17.1 Å². The predicted molar refractivity (Wildman–Crippen MR) is 80.6 cm³/mol. The molecule has 2 N–H and O–H groups in total.